The molecule has 0 aliphatic rings. The van der Waals surface area contributed by atoms with E-state index in [-0.39, 0.29) is 0 Å². The Morgan fingerprint density at radius 1 is 1.38 bits per heavy atom. The first-order valence-electron chi connectivity index (χ1n) is 6.07. The molecule has 0 saturated heterocycles. The number of carboxylic acid groups (broad SMARTS) is 1. The minimum Gasteiger partial charge on any atom is -0.478 e. The molecule has 2 rings (SSSR count). The van der Waals surface area contributed by atoms with Crippen LogP contribution in [-0.4, -0.2) is 28.1 Å². The molecule has 0 amide bonds. The number of nitriles is 1. The van der Waals surface area contributed by atoms with Crippen LogP contribution in [0.4, 0.5) is 11.6 Å². The Kier molecular flexibility index (Phi) is 4.26. The Hall–Kier alpha value is -3.20. The van der Waals surface area contributed by atoms with Crippen LogP contribution in [0.3, 0.4) is 0 Å². The summed E-state index contributed by atoms with van der Waals surface area (Å²) < 4.78 is 0. The Bertz CT molecular complexity index is 717. The Labute approximate surface area is 121 Å². The zero-order valence-corrected chi connectivity index (χ0v) is 11.3. The van der Waals surface area contributed by atoms with E-state index >= 15 is 0 Å². The largest absolute Gasteiger partial charge is 0.478 e. The molecule has 0 aliphatic heterocycles. The van der Waals surface area contributed by atoms with Gasteiger partial charge < -0.3 is 10.0 Å². The summed E-state index contributed by atoms with van der Waals surface area (Å²) in [6.07, 6.45) is 5.51. The summed E-state index contributed by atoms with van der Waals surface area (Å²) in [5.74, 6) is -0.568. The first kappa shape index (κ1) is 14.2. The third-order valence-electron chi connectivity index (χ3n) is 2.74. The van der Waals surface area contributed by atoms with Crippen LogP contribution in [0, 0.1) is 11.3 Å². The number of rotatable bonds is 4. The van der Waals surface area contributed by atoms with Crippen molar-refractivity contribution in [3.63, 3.8) is 0 Å². The molecule has 1 heterocycles. The van der Waals surface area contributed by atoms with E-state index in [0.29, 0.717) is 17.1 Å². The van der Waals surface area contributed by atoms with Crippen molar-refractivity contribution in [1.29, 1.82) is 5.26 Å². The van der Waals surface area contributed by atoms with Gasteiger partial charge in [-0.1, -0.05) is 6.07 Å². The summed E-state index contributed by atoms with van der Waals surface area (Å²) in [6.45, 7) is 0. The molecule has 0 unspecified atom stereocenters. The second kappa shape index (κ2) is 6.30. The highest BCUT2D eigenvalue weighted by Gasteiger charge is 2.07. The monoisotopic (exact) mass is 280 g/mol. The van der Waals surface area contributed by atoms with Gasteiger partial charge in [0.1, 0.15) is 0 Å². The van der Waals surface area contributed by atoms with Gasteiger partial charge in [0.2, 0.25) is 5.95 Å². The number of carbonyl (C=O) groups is 1. The maximum atomic E-state index is 10.4. The molecule has 0 radical (unpaired) electrons. The molecule has 0 spiro atoms. The van der Waals surface area contributed by atoms with Gasteiger partial charge in [0, 0.05) is 36.8 Å². The molecule has 1 aromatic carbocycles. The highest BCUT2D eigenvalue weighted by atomic mass is 16.4. The maximum absolute atomic E-state index is 10.4. The maximum Gasteiger partial charge on any atom is 0.328 e. The lowest BCUT2D eigenvalue weighted by Crippen LogP contribution is -2.13. The number of anilines is 2. The highest BCUT2D eigenvalue weighted by molar-refractivity contribution is 5.85. The molecule has 6 heteroatoms. The van der Waals surface area contributed by atoms with Crippen molar-refractivity contribution in [3.05, 3.63) is 53.9 Å². The van der Waals surface area contributed by atoms with Gasteiger partial charge in [-0.25, -0.2) is 14.8 Å². The zero-order valence-electron chi connectivity index (χ0n) is 11.3. The molecule has 0 bridgehead atoms. The Morgan fingerprint density at radius 2 is 2.10 bits per heavy atom. The van der Waals surface area contributed by atoms with Crippen molar-refractivity contribution >= 4 is 23.7 Å². The van der Waals surface area contributed by atoms with Crippen molar-refractivity contribution in [2.75, 3.05) is 11.9 Å². The minimum atomic E-state index is -1.02. The summed E-state index contributed by atoms with van der Waals surface area (Å²) in [7, 11) is 1.79. The Morgan fingerprint density at radius 3 is 2.71 bits per heavy atom. The van der Waals surface area contributed by atoms with E-state index < -0.39 is 5.97 Å². The summed E-state index contributed by atoms with van der Waals surface area (Å²) >= 11 is 0. The van der Waals surface area contributed by atoms with Gasteiger partial charge in [-0.15, -0.1) is 0 Å². The van der Waals surface area contributed by atoms with Gasteiger partial charge in [-0.05, 0) is 24.3 Å². The molecule has 0 atom stereocenters. The average molecular weight is 280 g/mol. The average Bonchev–Trinajstić information content (AvgIpc) is 2.52. The van der Waals surface area contributed by atoms with E-state index in [1.807, 2.05) is 6.07 Å². The lowest BCUT2D eigenvalue weighted by molar-refractivity contribution is -0.131. The second-order valence-corrected chi connectivity index (χ2v) is 4.21. The number of nitrogens with zero attached hydrogens (tertiary/aromatic N) is 4. The zero-order chi connectivity index (χ0) is 15.2. The van der Waals surface area contributed by atoms with Crippen LogP contribution >= 0.6 is 0 Å². The van der Waals surface area contributed by atoms with Gasteiger partial charge in [-0.3, -0.25) is 0 Å². The van der Waals surface area contributed by atoms with Crippen LogP contribution in [0.1, 0.15) is 11.1 Å². The number of benzene rings is 1. The van der Waals surface area contributed by atoms with Gasteiger partial charge in [0.25, 0.3) is 0 Å². The van der Waals surface area contributed by atoms with Crippen LogP contribution in [0.15, 0.2) is 42.7 Å². The van der Waals surface area contributed by atoms with Crippen molar-refractivity contribution in [1.82, 2.24) is 9.97 Å². The molecular weight excluding hydrogens is 268 g/mol. The van der Waals surface area contributed by atoms with E-state index in [1.165, 1.54) is 18.5 Å². The third-order valence-corrected chi connectivity index (χ3v) is 2.74. The summed E-state index contributed by atoms with van der Waals surface area (Å²) in [4.78, 5) is 20.5. The van der Waals surface area contributed by atoms with E-state index in [9.17, 15) is 4.79 Å². The fraction of sp³-hybridized carbons (Fsp3) is 0.0667. The van der Waals surface area contributed by atoms with Gasteiger partial charge >= 0.3 is 5.97 Å². The van der Waals surface area contributed by atoms with Crippen molar-refractivity contribution < 1.29 is 9.90 Å². The number of aromatic nitrogens is 2. The van der Waals surface area contributed by atoms with E-state index in [0.717, 1.165) is 11.8 Å². The number of hydrogen-bond acceptors (Lipinski definition) is 5. The molecule has 0 saturated carbocycles. The van der Waals surface area contributed by atoms with Crippen molar-refractivity contribution in [2.45, 2.75) is 0 Å². The molecule has 0 fully saturated rings. The normalized spacial score (nSPS) is 10.3. The summed E-state index contributed by atoms with van der Waals surface area (Å²) in [6, 6.07) is 9.17. The van der Waals surface area contributed by atoms with Gasteiger partial charge in [0.05, 0.1) is 11.6 Å². The van der Waals surface area contributed by atoms with Crippen LogP contribution in [0.5, 0.6) is 0 Å². The number of hydrogen-bond donors (Lipinski definition) is 1. The number of carboxylic acids is 1. The predicted octanol–water partition coefficient (Wildman–Crippen LogP) is 2.21. The quantitative estimate of drug-likeness (QED) is 0.863. The first-order chi connectivity index (χ1) is 10.1. The predicted molar refractivity (Wildman–Crippen MR) is 77.9 cm³/mol. The summed E-state index contributed by atoms with van der Waals surface area (Å²) in [5.41, 5.74) is 1.95. The molecule has 2 aromatic rings. The van der Waals surface area contributed by atoms with E-state index in [1.54, 1.807) is 30.1 Å². The summed E-state index contributed by atoms with van der Waals surface area (Å²) in [5, 5.41) is 17.5. The molecular formula is C15H12N4O2. The van der Waals surface area contributed by atoms with E-state index in [2.05, 4.69) is 16.0 Å². The third kappa shape index (κ3) is 3.64. The molecule has 1 aromatic heterocycles. The minimum absolute atomic E-state index is 0.456. The van der Waals surface area contributed by atoms with E-state index in [4.69, 9.17) is 10.4 Å². The van der Waals surface area contributed by atoms with Crippen molar-refractivity contribution in [3.8, 4) is 6.07 Å². The molecule has 6 nitrogen and oxygen atoms in total. The van der Waals surface area contributed by atoms with Crippen molar-refractivity contribution in [2.24, 2.45) is 0 Å². The molecule has 1 N–H and O–H groups in total. The SMILES string of the molecule is CN(c1cccc(C#N)c1)c1ncc(/C=C/C(=O)O)cn1. The van der Waals surface area contributed by atoms with Gasteiger partial charge in [-0.2, -0.15) is 5.26 Å². The van der Waals surface area contributed by atoms with Crippen LogP contribution in [0.2, 0.25) is 0 Å². The topological polar surface area (TPSA) is 90.1 Å². The fourth-order valence-electron chi connectivity index (χ4n) is 1.66. The van der Waals surface area contributed by atoms with Crippen LogP contribution < -0.4 is 4.90 Å². The second-order valence-electron chi connectivity index (χ2n) is 4.21. The molecule has 104 valence electrons. The fourth-order valence-corrected chi connectivity index (χ4v) is 1.66. The van der Waals surface area contributed by atoms with Gasteiger partial charge in [0.15, 0.2) is 0 Å². The lowest BCUT2D eigenvalue weighted by atomic mass is 10.2. The highest BCUT2D eigenvalue weighted by Crippen LogP contribution is 2.20. The molecule has 21 heavy (non-hydrogen) atoms. The smallest absolute Gasteiger partial charge is 0.328 e. The first-order valence-corrected chi connectivity index (χ1v) is 6.07. The van der Waals surface area contributed by atoms with Crippen LogP contribution in [0.25, 0.3) is 6.08 Å². The van der Waals surface area contributed by atoms with Crippen LogP contribution in [-0.2, 0) is 4.79 Å². The Balaban J connectivity index is 2.21. The molecule has 0 aliphatic carbocycles. The standard InChI is InChI=1S/C15H12N4O2/c1-19(13-4-2-3-11(7-13)8-16)15-17-9-12(10-18-15)5-6-14(20)21/h2-7,9-10H,1H3,(H,20,21)/b6-5+. The lowest BCUT2D eigenvalue weighted by Gasteiger charge is -2.17. The number of aliphatic carboxylic acids is 1.